The van der Waals surface area contributed by atoms with E-state index in [0.717, 1.165) is 34.7 Å². The van der Waals surface area contributed by atoms with Crippen LogP contribution in [0.2, 0.25) is 0 Å². The molecule has 1 aromatic heterocycles. The molecule has 178 valence electrons. The van der Waals surface area contributed by atoms with E-state index in [1.807, 2.05) is 38.1 Å². The first-order chi connectivity index (χ1) is 16.1. The fourth-order valence-corrected chi connectivity index (χ4v) is 5.47. The van der Waals surface area contributed by atoms with Gasteiger partial charge in [-0.3, -0.25) is 0 Å². The van der Waals surface area contributed by atoms with E-state index < -0.39 is 23.8 Å². The zero-order valence-corrected chi connectivity index (χ0v) is 19.7. The molecule has 1 aliphatic heterocycles. The average molecular weight is 487 g/mol. The fraction of sp³-hybridized carbons (Fsp3) is 0.308. The molecule has 0 spiro atoms. The molecule has 0 amide bonds. The van der Waals surface area contributed by atoms with Gasteiger partial charge in [0.05, 0.1) is 5.56 Å². The van der Waals surface area contributed by atoms with E-state index in [9.17, 15) is 23.1 Å². The maximum Gasteiger partial charge on any atom is 0.417 e. The molecule has 0 bridgehead atoms. The minimum Gasteiger partial charge on any atom is -0.480 e. The molecule has 3 aromatic rings. The summed E-state index contributed by atoms with van der Waals surface area (Å²) in [6, 6.07) is 14.5. The molecule has 1 aliphatic rings. The number of rotatable bonds is 6. The van der Waals surface area contributed by atoms with Crippen LogP contribution in [-0.4, -0.2) is 28.6 Å². The number of pyridine rings is 1. The molecule has 1 atom stereocenters. The number of anilines is 1. The highest BCUT2D eigenvalue weighted by Crippen LogP contribution is 2.43. The lowest BCUT2D eigenvalue weighted by Gasteiger charge is -2.23. The molecule has 34 heavy (non-hydrogen) atoms. The Bertz CT molecular complexity index is 1200. The predicted molar refractivity (Wildman–Crippen MR) is 127 cm³/mol. The summed E-state index contributed by atoms with van der Waals surface area (Å²) in [5, 5.41) is 9.47. The Hall–Kier alpha value is -3.00. The number of hydrogen-bond acceptors (Lipinski definition) is 4. The van der Waals surface area contributed by atoms with Crippen LogP contribution in [0.15, 0.2) is 70.6 Å². The number of carbonyl (C=O) groups is 1. The van der Waals surface area contributed by atoms with Gasteiger partial charge in [-0.05, 0) is 65.8 Å². The number of hydrogen-bond donors (Lipinski definition) is 1. The quantitative estimate of drug-likeness (QED) is 0.403. The first kappa shape index (κ1) is 24.1. The molecule has 1 N–H and O–H groups in total. The predicted octanol–water partition coefficient (Wildman–Crippen LogP) is 7.10. The number of carboxylic acids is 1. The van der Waals surface area contributed by atoms with E-state index in [1.54, 1.807) is 23.1 Å². The maximum absolute atomic E-state index is 14.1. The van der Waals surface area contributed by atoms with Crippen LogP contribution in [0.1, 0.15) is 43.7 Å². The second-order valence-electron chi connectivity index (χ2n) is 8.60. The summed E-state index contributed by atoms with van der Waals surface area (Å²) in [4.78, 5) is 18.5. The molecular formula is C26H25F3N2O2S. The molecule has 2 heterocycles. The monoisotopic (exact) mass is 486 g/mol. The number of halogens is 3. The number of benzene rings is 2. The summed E-state index contributed by atoms with van der Waals surface area (Å²) < 4.78 is 42.2. The summed E-state index contributed by atoms with van der Waals surface area (Å²) in [6.45, 7) is 4.58. The van der Waals surface area contributed by atoms with Crippen molar-refractivity contribution in [3.8, 4) is 11.1 Å². The van der Waals surface area contributed by atoms with Crippen molar-refractivity contribution in [1.82, 2.24) is 4.98 Å². The molecule has 2 aromatic carbocycles. The first-order valence-corrected chi connectivity index (χ1v) is 11.9. The van der Waals surface area contributed by atoms with Gasteiger partial charge in [0.2, 0.25) is 0 Å². The highest BCUT2D eigenvalue weighted by atomic mass is 32.2. The lowest BCUT2D eigenvalue weighted by atomic mass is 10.0. The molecule has 0 saturated carbocycles. The van der Waals surface area contributed by atoms with Crippen molar-refractivity contribution < 1.29 is 23.1 Å². The second kappa shape index (κ2) is 9.70. The van der Waals surface area contributed by atoms with Crippen molar-refractivity contribution in [3.63, 3.8) is 0 Å². The van der Waals surface area contributed by atoms with E-state index >= 15 is 0 Å². The standard InChI is InChI=1S/C26H25F3N2O2S/c1-16(2)19-6-3-4-8-22(19)34-23-10-9-17(14-20(23)26(27,28)29)18-11-12-30-24(15-18)31-13-5-7-21(31)25(32)33/h3-4,6,8-12,14-16,21H,5,7,13H2,1-2H3,(H,32,33)/t21-/m0/s1. The fourth-order valence-electron chi connectivity index (χ4n) is 4.24. The summed E-state index contributed by atoms with van der Waals surface area (Å²) in [5.74, 6) is -0.278. The van der Waals surface area contributed by atoms with E-state index in [1.165, 1.54) is 12.3 Å². The second-order valence-corrected chi connectivity index (χ2v) is 9.68. The zero-order chi connectivity index (χ0) is 24.5. The lowest BCUT2D eigenvalue weighted by Crippen LogP contribution is -2.36. The lowest BCUT2D eigenvalue weighted by molar-refractivity contribution is -0.140. The highest BCUT2D eigenvalue weighted by molar-refractivity contribution is 7.99. The van der Waals surface area contributed by atoms with Gasteiger partial charge in [0, 0.05) is 22.5 Å². The van der Waals surface area contributed by atoms with Crippen LogP contribution in [0.3, 0.4) is 0 Å². The van der Waals surface area contributed by atoms with Gasteiger partial charge in [-0.15, -0.1) is 0 Å². The Kier molecular flexibility index (Phi) is 6.89. The Balaban J connectivity index is 1.71. The van der Waals surface area contributed by atoms with E-state index in [2.05, 4.69) is 4.98 Å². The first-order valence-electron chi connectivity index (χ1n) is 11.1. The topological polar surface area (TPSA) is 53.4 Å². The van der Waals surface area contributed by atoms with Crippen molar-refractivity contribution in [2.45, 2.75) is 54.6 Å². The minimum absolute atomic E-state index is 0.143. The third-order valence-corrected chi connectivity index (χ3v) is 7.12. The molecule has 1 fully saturated rings. The van der Waals surface area contributed by atoms with E-state index in [0.29, 0.717) is 29.9 Å². The molecule has 8 heteroatoms. The Morgan fingerprint density at radius 2 is 1.82 bits per heavy atom. The number of alkyl halides is 3. The smallest absolute Gasteiger partial charge is 0.417 e. The molecule has 0 radical (unpaired) electrons. The van der Waals surface area contributed by atoms with Crippen molar-refractivity contribution in [1.29, 1.82) is 0 Å². The van der Waals surface area contributed by atoms with Gasteiger partial charge in [-0.1, -0.05) is 49.9 Å². The normalized spacial score (nSPS) is 16.3. The minimum atomic E-state index is -4.52. The summed E-state index contributed by atoms with van der Waals surface area (Å²) in [5.41, 5.74) is 1.27. The van der Waals surface area contributed by atoms with Crippen molar-refractivity contribution in [2.75, 3.05) is 11.4 Å². The Morgan fingerprint density at radius 1 is 1.09 bits per heavy atom. The third-order valence-electron chi connectivity index (χ3n) is 5.96. The number of nitrogens with zero attached hydrogens (tertiary/aromatic N) is 2. The van der Waals surface area contributed by atoms with Crippen LogP contribution >= 0.6 is 11.8 Å². The van der Waals surface area contributed by atoms with Crippen LogP contribution in [0.4, 0.5) is 19.0 Å². The molecule has 4 nitrogen and oxygen atoms in total. The molecular weight excluding hydrogens is 461 g/mol. The maximum atomic E-state index is 14.1. The number of aromatic nitrogens is 1. The van der Waals surface area contributed by atoms with Crippen molar-refractivity contribution in [2.24, 2.45) is 0 Å². The van der Waals surface area contributed by atoms with Gasteiger partial charge < -0.3 is 10.0 Å². The van der Waals surface area contributed by atoms with Crippen LogP contribution in [-0.2, 0) is 11.0 Å². The average Bonchev–Trinajstić information content (AvgIpc) is 3.29. The van der Waals surface area contributed by atoms with Gasteiger partial charge in [0.25, 0.3) is 0 Å². The van der Waals surface area contributed by atoms with Crippen LogP contribution in [0.5, 0.6) is 0 Å². The third kappa shape index (κ3) is 5.06. The highest BCUT2D eigenvalue weighted by Gasteiger charge is 2.35. The van der Waals surface area contributed by atoms with Gasteiger partial charge in [0.1, 0.15) is 11.9 Å². The van der Waals surface area contributed by atoms with Gasteiger partial charge in [0.15, 0.2) is 0 Å². The Morgan fingerprint density at radius 3 is 2.53 bits per heavy atom. The molecule has 4 rings (SSSR count). The van der Waals surface area contributed by atoms with E-state index in [4.69, 9.17) is 0 Å². The molecule has 0 unspecified atom stereocenters. The summed E-state index contributed by atoms with van der Waals surface area (Å²) in [6.07, 6.45) is -1.77. The van der Waals surface area contributed by atoms with Gasteiger partial charge >= 0.3 is 12.1 Å². The van der Waals surface area contributed by atoms with Gasteiger partial charge in [-0.25, -0.2) is 9.78 Å². The number of aliphatic carboxylic acids is 1. The number of carboxylic acid groups (broad SMARTS) is 1. The van der Waals surface area contributed by atoms with E-state index in [-0.39, 0.29) is 10.8 Å². The van der Waals surface area contributed by atoms with Gasteiger partial charge in [-0.2, -0.15) is 13.2 Å². The largest absolute Gasteiger partial charge is 0.480 e. The van der Waals surface area contributed by atoms with Crippen molar-refractivity contribution in [3.05, 3.63) is 71.9 Å². The molecule has 1 saturated heterocycles. The van der Waals surface area contributed by atoms with Crippen LogP contribution in [0, 0.1) is 0 Å². The zero-order valence-electron chi connectivity index (χ0n) is 18.8. The summed E-state index contributed by atoms with van der Waals surface area (Å²) >= 11 is 1.12. The Labute approximate surface area is 200 Å². The molecule has 0 aliphatic carbocycles. The van der Waals surface area contributed by atoms with Crippen molar-refractivity contribution >= 4 is 23.5 Å². The van der Waals surface area contributed by atoms with Crippen LogP contribution < -0.4 is 4.90 Å². The summed E-state index contributed by atoms with van der Waals surface area (Å²) in [7, 11) is 0. The SMILES string of the molecule is CC(C)c1ccccc1Sc1ccc(-c2ccnc(N3CCC[C@H]3C(=O)O)c2)cc1C(F)(F)F. The van der Waals surface area contributed by atoms with Crippen LogP contribution in [0.25, 0.3) is 11.1 Å².